The number of nitrogens with one attached hydrogen (secondary N) is 1. The average molecular weight is 303 g/mol. The zero-order valence-electron chi connectivity index (χ0n) is 12.3. The molecular weight excluding hydrogens is 282 g/mol. The van der Waals surface area contributed by atoms with Crippen LogP contribution in [0.15, 0.2) is 24.5 Å². The maximum atomic E-state index is 5.41. The summed E-state index contributed by atoms with van der Waals surface area (Å²) < 4.78 is 2.84. The van der Waals surface area contributed by atoms with Crippen LogP contribution in [0.4, 0.5) is 0 Å². The molecule has 1 saturated heterocycles. The molecule has 2 aromatic rings. The molecule has 1 aliphatic heterocycles. The third kappa shape index (κ3) is 3.22. The molecule has 0 amide bonds. The van der Waals surface area contributed by atoms with E-state index in [1.54, 1.807) is 12.4 Å². The van der Waals surface area contributed by atoms with Crippen LogP contribution in [0.2, 0.25) is 0 Å². The lowest BCUT2D eigenvalue weighted by molar-refractivity contribution is 0.181. The summed E-state index contributed by atoms with van der Waals surface area (Å²) in [5.74, 6) is 1.60. The summed E-state index contributed by atoms with van der Waals surface area (Å²) in [4.78, 5) is 6.57. The molecule has 1 fully saturated rings. The first-order valence-electron chi connectivity index (χ1n) is 7.56. The number of aromatic nitrogens is 4. The second kappa shape index (κ2) is 6.49. The van der Waals surface area contributed by atoms with Crippen molar-refractivity contribution in [2.75, 3.05) is 19.6 Å². The fraction of sp³-hybridized carbons (Fsp3) is 0.533. The van der Waals surface area contributed by atoms with Crippen LogP contribution in [-0.2, 0) is 6.54 Å². The van der Waals surface area contributed by atoms with Gasteiger partial charge in [0.2, 0.25) is 0 Å². The molecule has 0 aromatic carbocycles. The van der Waals surface area contributed by atoms with E-state index in [1.807, 2.05) is 12.1 Å². The summed E-state index contributed by atoms with van der Waals surface area (Å²) >= 11 is 5.41. The molecule has 0 atom stereocenters. The van der Waals surface area contributed by atoms with Gasteiger partial charge < -0.3 is 4.90 Å². The van der Waals surface area contributed by atoms with Crippen molar-refractivity contribution in [1.29, 1.82) is 0 Å². The van der Waals surface area contributed by atoms with Crippen LogP contribution in [0.5, 0.6) is 0 Å². The third-order valence-corrected chi connectivity index (χ3v) is 4.60. The number of H-pyrrole nitrogens is 1. The van der Waals surface area contributed by atoms with Gasteiger partial charge in [0.15, 0.2) is 10.6 Å². The zero-order valence-corrected chi connectivity index (χ0v) is 13.1. The van der Waals surface area contributed by atoms with Gasteiger partial charge in [0.05, 0.1) is 0 Å². The Balaban J connectivity index is 1.77. The predicted molar refractivity (Wildman–Crippen MR) is 85.5 cm³/mol. The van der Waals surface area contributed by atoms with Gasteiger partial charge in [0.25, 0.3) is 0 Å². The van der Waals surface area contributed by atoms with Crippen LogP contribution < -0.4 is 0 Å². The predicted octanol–water partition coefficient (Wildman–Crippen LogP) is 2.73. The summed E-state index contributed by atoms with van der Waals surface area (Å²) in [5.41, 5.74) is 1.06. The highest BCUT2D eigenvalue weighted by atomic mass is 32.1. The lowest BCUT2D eigenvalue weighted by Crippen LogP contribution is -2.34. The molecule has 0 unspecified atom stereocenters. The molecule has 21 heavy (non-hydrogen) atoms. The maximum absolute atomic E-state index is 5.41. The number of aromatic amines is 1. The molecule has 2 aromatic heterocycles. The van der Waals surface area contributed by atoms with Gasteiger partial charge in [-0.05, 0) is 62.7 Å². The summed E-state index contributed by atoms with van der Waals surface area (Å²) in [5, 5.41) is 7.32. The highest BCUT2D eigenvalue weighted by Gasteiger charge is 2.20. The Hall–Kier alpha value is -1.53. The van der Waals surface area contributed by atoms with Gasteiger partial charge in [-0.2, -0.15) is 5.10 Å². The van der Waals surface area contributed by atoms with Crippen molar-refractivity contribution in [3.63, 3.8) is 0 Å². The number of likely N-dealkylation sites (tertiary alicyclic amines) is 1. The minimum Gasteiger partial charge on any atom is -0.304 e. The molecule has 0 bridgehead atoms. The van der Waals surface area contributed by atoms with Crippen LogP contribution in [0.25, 0.3) is 11.4 Å². The minimum atomic E-state index is 0.678. The minimum absolute atomic E-state index is 0.678. The molecule has 6 heteroatoms. The van der Waals surface area contributed by atoms with Crippen LogP contribution in [-0.4, -0.2) is 44.3 Å². The Morgan fingerprint density at radius 3 is 2.67 bits per heavy atom. The Morgan fingerprint density at radius 2 is 2.00 bits per heavy atom. The maximum Gasteiger partial charge on any atom is 0.195 e. The highest BCUT2D eigenvalue weighted by Crippen LogP contribution is 2.22. The average Bonchev–Trinajstić information content (AvgIpc) is 2.90. The summed E-state index contributed by atoms with van der Waals surface area (Å²) in [7, 11) is 0. The van der Waals surface area contributed by atoms with E-state index in [2.05, 4.69) is 31.6 Å². The number of nitrogens with zero attached hydrogens (tertiary/aromatic N) is 4. The van der Waals surface area contributed by atoms with Crippen molar-refractivity contribution < 1.29 is 0 Å². The molecular formula is C15H21N5S. The SMILES string of the molecule is CCN1CCC(Cn2c(-c3ccncc3)n[nH]c2=S)CC1. The van der Waals surface area contributed by atoms with Crippen molar-refractivity contribution in [3.05, 3.63) is 29.3 Å². The van der Waals surface area contributed by atoms with E-state index in [0.29, 0.717) is 10.7 Å². The Labute approximate surface area is 130 Å². The van der Waals surface area contributed by atoms with E-state index >= 15 is 0 Å². The first-order valence-corrected chi connectivity index (χ1v) is 7.96. The van der Waals surface area contributed by atoms with Gasteiger partial charge in [-0.15, -0.1) is 0 Å². The number of piperidine rings is 1. The quantitative estimate of drug-likeness (QED) is 0.882. The second-order valence-corrected chi connectivity index (χ2v) is 5.96. The van der Waals surface area contributed by atoms with Gasteiger partial charge in [0.1, 0.15) is 0 Å². The van der Waals surface area contributed by atoms with Crippen molar-refractivity contribution in [3.8, 4) is 11.4 Å². The molecule has 5 nitrogen and oxygen atoms in total. The smallest absolute Gasteiger partial charge is 0.195 e. The number of pyridine rings is 1. The largest absolute Gasteiger partial charge is 0.304 e. The van der Waals surface area contributed by atoms with Gasteiger partial charge >= 0.3 is 0 Å². The van der Waals surface area contributed by atoms with E-state index in [9.17, 15) is 0 Å². The van der Waals surface area contributed by atoms with Gasteiger partial charge in [0, 0.05) is 24.5 Å². The first-order chi connectivity index (χ1) is 10.3. The zero-order chi connectivity index (χ0) is 14.7. The Morgan fingerprint density at radius 1 is 1.29 bits per heavy atom. The van der Waals surface area contributed by atoms with Crippen LogP contribution in [0.3, 0.4) is 0 Å². The van der Waals surface area contributed by atoms with E-state index in [0.717, 1.165) is 24.5 Å². The molecule has 3 rings (SSSR count). The fourth-order valence-corrected chi connectivity index (χ4v) is 3.16. The molecule has 0 aliphatic carbocycles. The number of hydrogen-bond donors (Lipinski definition) is 1. The Bertz CT molecular complexity index is 625. The number of hydrogen-bond acceptors (Lipinski definition) is 4. The van der Waals surface area contributed by atoms with Gasteiger partial charge in [-0.3, -0.25) is 14.6 Å². The Kier molecular flexibility index (Phi) is 4.45. The normalized spacial score (nSPS) is 17.2. The van der Waals surface area contributed by atoms with Crippen LogP contribution >= 0.6 is 12.2 Å². The molecule has 0 spiro atoms. The van der Waals surface area contributed by atoms with Crippen molar-refractivity contribution in [2.24, 2.45) is 5.92 Å². The lowest BCUT2D eigenvalue weighted by Gasteiger charge is -2.31. The second-order valence-electron chi connectivity index (χ2n) is 5.58. The third-order valence-electron chi connectivity index (χ3n) is 4.29. The highest BCUT2D eigenvalue weighted by molar-refractivity contribution is 7.71. The van der Waals surface area contributed by atoms with E-state index in [4.69, 9.17) is 12.2 Å². The number of rotatable bonds is 4. The van der Waals surface area contributed by atoms with Gasteiger partial charge in [-0.1, -0.05) is 6.92 Å². The van der Waals surface area contributed by atoms with E-state index < -0.39 is 0 Å². The van der Waals surface area contributed by atoms with E-state index in [1.165, 1.54) is 25.9 Å². The molecule has 3 heterocycles. The summed E-state index contributed by atoms with van der Waals surface area (Å²) in [6.45, 7) is 6.71. The molecule has 0 saturated carbocycles. The standard InChI is InChI=1S/C15H21N5S/c1-2-19-9-5-12(6-10-19)11-20-14(17-18-15(20)21)13-3-7-16-8-4-13/h3-4,7-8,12H,2,5-6,9-11H2,1H3,(H,18,21). The van der Waals surface area contributed by atoms with Crippen LogP contribution in [0, 0.1) is 10.7 Å². The summed E-state index contributed by atoms with van der Waals surface area (Å²) in [6, 6.07) is 3.95. The van der Waals surface area contributed by atoms with Gasteiger partial charge in [-0.25, -0.2) is 0 Å². The van der Waals surface area contributed by atoms with E-state index in [-0.39, 0.29) is 0 Å². The van der Waals surface area contributed by atoms with Crippen molar-refractivity contribution >= 4 is 12.2 Å². The molecule has 0 radical (unpaired) electrons. The molecule has 1 N–H and O–H groups in total. The van der Waals surface area contributed by atoms with Crippen molar-refractivity contribution in [1.82, 2.24) is 24.6 Å². The monoisotopic (exact) mass is 303 g/mol. The van der Waals surface area contributed by atoms with Crippen LogP contribution in [0.1, 0.15) is 19.8 Å². The summed E-state index contributed by atoms with van der Waals surface area (Å²) in [6.07, 6.45) is 6.04. The molecule has 1 aliphatic rings. The first kappa shape index (κ1) is 14.4. The van der Waals surface area contributed by atoms with Crippen molar-refractivity contribution in [2.45, 2.75) is 26.3 Å². The molecule has 112 valence electrons. The topological polar surface area (TPSA) is 49.7 Å². The lowest BCUT2D eigenvalue weighted by atomic mass is 9.96. The fourth-order valence-electron chi connectivity index (χ4n) is 2.95.